The molecular weight excluding hydrogens is 316 g/mol. The van der Waals surface area contributed by atoms with E-state index >= 15 is 0 Å². The topological polar surface area (TPSA) is 101 Å². The molecule has 134 valence electrons. The minimum absolute atomic E-state index is 0.351. The number of anilines is 1. The summed E-state index contributed by atoms with van der Waals surface area (Å²) in [5.41, 5.74) is 9.31. The van der Waals surface area contributed by atoms with Crippen molar-refractivity contribution in [3.63, 3.8) is 0 Å². The van der Waals surface area contributed by atoms with Crippen LogP contribution in [-0.4, -0.2) is 40.1 Å². The molecular formula is C18H26N6O. The van der Waals surface area contributed by atoms with Gasteiger partial charge in [-0.1, -0.05) is 13.8 Å². The van der Waals surface area contributed by atoms with Crippen LogP contribution in [0.25, 0.3) is 11.2 Å². The Labute approximate surface area is 147 Å². The summed E-state index contributed by atoms with van der Waals surface area (Å²) in [6.45, 7) is 5.78. The molecule has 0 spiro atoms. The smallest absolute Gasteiger partial charge is 0.243 e. The zero-order valence-corrected chi connectivity index (χ0v) is 14.8. The highest BCUT2D eigenvalue weighted by Crippen LogP contribution is 2.21. The molecule has 0 unspecified atom stereocenters. The number of rotatable bonds is 6. The minimum Gasteiger partial charge on any atom is -0.401 e. The molecule has 1 saturated heterocycles. The Kier molecular flexibility index (Phi) is 5.33. The summed E-state index contributed by atoms with van der Waals surface area (Å²) in [5.74, 6) is 1.07. The van der Waals surface area contributed by atoms with Crippen molar-refractivity contribution in [3.05, 3.63) is 29.6 Å². The molecule has 3 rings (SSSR count). The van der Waals surface area contributed by atoms with Crippen LogP contribution in [0, 0.1) is 11.3 Å². The van der Waals surface area contributed by atoms with E-state index in [4.69, 9.17) is 15.9 Å². The van der Waals surface area contributed by atoms with Crippen molar-refractivity contribution in [2.75, 3.05) is 18.5 Å². The zero-order chi connectivity index (χ0) is 17.8. The molecule has 0 aromatic carbocycles. The van der Waals surface area contributed by atoms with E-state index in [2.05, 4.69) is 29.2 Å². The van der Waals surface area contributed by atoms with Crippen LogP contribution in [0.3, 0.4) is 0 Å². The van der Waals surface area contributed by atoms with Gasteiger partial charge in [0.1, 0.15) is 0 Å². The molecule has 0 amide bonds. The van der Waals surface area contributed by atoms with Gasteiger partial charge in [-0.25, -0.2) is 4.52 Å². The largest absolute Gasteiger partial charge is 0.401 e. The first-order valence-electron chi connectivity index (χ1n) is 8.77. The second-order valence-corrected chi connectivity index (χ2v) is 6.87. The lowest BCUT2D eigenvalue weighted by molar-refractivity contribution is 0.0903. The molecule has 0 atom stereocenters. The number of nitrogens with two attached hydrogens (primary N) is 1. The fourth-order valence-corrected chi connectivity index (χ4v) is 3.05. The maximum absolute atomic E-state index is 7.73. The number of hydrogen-bond donors (Lipinski definition) is 3. The summed E-state index contributed by atoms with van der Waals surface area (Å²) >= 11 is 0. The highest BCUT2D eigenvalue weighted by Gasteiger charge is 2.16. The SMILES string of the molecule is CC(C)C/C(N)=C(/C=N)c1ccn2nc(NC3CCOCC3)nc2c1. The van der Waals surface area contributed by atoms with Gasteiger partial charge in [0.15, 0.2) is 5.65 Å². The molecule has 0 radical (unpaired) electrons. The van der Waals surface area contributed by atoms with E-state index in [9.17, 15) is 0 Å². The summed E-state index contributed by atoms with van der Waals surface area (Å²) in [4.78, 5) is 4.57. The third kappa shape index (κ3) is 4.17. The monoisotopic (exact) mass is 342 g/mol. The number of pyridine rings is 1. The molecule has 7 heteroatoms. The van der Waals surface area contributed by atoms with Crippen molar-refractivity contribution in [1.82, 2.24) is 14.6 Å². The van der Waals surface area contributed by atoms with Crippen molar-refractivity contribution >= 4 is 23.4 Å². The van der Waals surface area contributed by atoms with Crippen LogP contribution < -0.4 is 11.1 Å². The molecule has 25 heavy (non-hydrogen) atoms. The van der Waals surface area contributed by atoms with Gasteiger partial charge in [-0.2, -0.15) is 4.98 Å². The highest BCUT2D eigenvalue weighted by atomic mass is 16.5. The first kappa shape index (κ1) is 17.4. The number of allylic oxidation sites excluding steroid dienone is 2. The van der Waals surface area contributed by atoms with Crippen molar-refractivity contribution in [2.24, 2.45) is 11.7 Å². The first-order chi connectivity index (χ1) is 12.1. The molecule has 3 heterocycles. The number of fused-ring (bicyclic) bond motifs is 1. The van der Waals surface area contributed by atoms with Crippen LogP contribution in [0.4, 0.5) is 5.95 Å². The third-order valence-corrected chi connectivity index (χ3v) is 4.32. The summed E-state index contributed by atoms with van der Waals surface area (Å²) in [6.07, 6.45) is 5.87. The average molecular weight is 342 g/mol. The lowest BCUT2D eigenvalue weighted by Crippen LogP contribution is -2.28. The average Bonchev–Trinajstić information content (AvgIpc) is 2.97. The lowest BCUT2D eigenvalue weighted by atomic mass is 10.00. The van der Waals surface area contributed by atoms with Gasteiger partial charge in [0.05, 0.1) is 0 Å². The van der Waals surface area contributed by atoms with Crippen LogP contribution in [-0.2, 0) is 4.74 Å². The second kappa shape index (κ2) is 7.65. The van der Waals surface area contributed by atoms with E-state index in [0.29, 0.717) is 17.9 Å². The molecule has 0 aliphatic carbocycles. The first-order valence-corrected chi connectivity index (χ1v) is 8.77. The lowest BCUT2D eigenvalue weighted by Gasteiger charge is -2.22. The van der Waals surface area contributed by atoms with Gasteiger partial charge in [0.2, 0.25) is 5.95 Å². The van der Waals surface area contributed by atoms with E-state index in [0.717, 1.165) is 55.0 Å². The van der Waals surface area contributed by atoms with Crippen LogP contribution in [0.1, 0.15) is 38.7 Å². The Balaban J connectivity index is 1.85. The van der Waals surface area contributed by atoms with Crippen molar-refractivity contribution in [1.29, 1.82) is 5.41 Å². The van der Waals surface area contributed by atoms with Crippen molar-refractivity contribution < 1.29 is 4.74 Å². The highest BCUT2D eigenvalue weighted by molar-refractivity contribution is 6.09. The predicted molar refractivity (Wildman–Crippen MR) is 99.8 cm³/mol. The van der Waals surface area contributed by atoms with E-state index in [1.807, 2.05) is 18.3 Å². The molecule has 1 aliphatic heterocycles. The Morgan fingerprint density at radius 2 is 2.24 bits per heavy atom. The Morgan fingerprint density at radius 1 is 1.48 bits per heavy atom. The Bertz CT molecular complexity index is 773. The second-order valence-electron chi connectivity index (χ2n) is 6.87. The van der Waals surface area contributed by atoms with Gasteiger partial charge in [0, 0.05) is 42.9 Å². The number of nitrogens with zero attached hydrogens (tertiary/aromatic N) is 3. The minimum atomic E-state index is 0.351. The Morgan fingerprint density at radius 3 is 2.92 bits per heavy atom. The predicted octanol–water partition coefficient (Wildman–Crippen LogP) is 2.69. The van der Waals surface area contributed by atoms with Gasteiger partial charge in [-0.05, 0) is 42.9 Å². The number of aromatic nitrogens is 3. The van der Waals surface area contributed by atoms with E-state index < -0.39 is 0 Å². The maximum atomic E-state index is 7.73. The maximum Gasteiger partial charge on any atom is 0.243 e. The van der Waals surface area contributed by atoms with E-state index in [1.165, 1.54) is 6.21 Å². The molecule has 7 nitrogen and oxygen atoms in total. The normalized spacial score (nSPS) is 16.9. The Hall–Kier alpha value is -2.41. The third-order valence-electron chi connectivity index (χ3n) is 4.32. The summed E-state index contributed by atoms with van der Waals surface area (Å²) in [5, 5.41) is 15.6. The fourth-order valence-electron chi connectivity index (χ4n) is 3.05. The van der Waals surface area contributed by atoms with Gasteiger partial charge in [0.25, 0.3) is 0 Å². The van der Waals surface area contributed by atoms with Gasteiger partial charge >= 0.3 is 0 Å². The number of ether oxygens (including phenoxy) is 1. The molecule has 4 N–H and O–H groups in total. The van der Waals surface area contributed by atoms with Gasteiger partial charge < -0.3 is 21.2 Å². The van der Waals surface area contributed by atoms with Crippen LogP contribution in [0.15, 0.2) is 24.0 Å². The van der Waals surface area contributed by atoms with Crippen molar-refractivity contribution in [3.8, 4) is 0 Å². The molecule has 1 aliphatic rings. The van der Waals surface area contributed by atoms with E-state index in [-0.39, 0.29) is 0 Å². The van der Waals surface area contributed by atoms with Gasteiger partial charge in [-0.3, -0.25) is 0 Å². The summed E-state index contributed by atoms with van der Waals surface area (Å²) < 4.78 is 7.12. The molecule has 2 aromatic rings. The van der Waals surface area contributed by atoms with Crippen molar-refractivity contribution in [2.45, 2.75) is 39.2 Å². The summed E-state index contributed by atoms with van der Waals surface area (Å²) in [7, 11) is 0. The number of hydrogen-bond acceptors (Lipinski definition) is 6. The molecule has 1 fully saturated rings. The molecule has 0 bridgehead atoms. The fraction of sp³-hybridized carbons (Fsp3) is 0.500. The van der Waals surface area contributed by atoms with Gasteiger partial charge in [-0.15, -0.1) is 5.10 Å². The molecule has 2 aromatic heterocycles. The molecule has 0 saturated carbocycles. The number of nitrogens with one attached hydrogen (secondary N) is 2. The van der Waals surface area contributed by atoms with Crippen LogP contribution >= 0.6 is 0 Å². The summed E-state index contributed by atoms with van der Waals surface area (Å²) in [6, 6.07) is 4.20. The zero-order valence-electron chi connectivity index (χ0n) is 14.8. The van der Waals surface area contributed by atoms with E-state index in [1.54, 1.807) is 4.52 Å². The van der Waals surface area contributed by atoms with Crippen LogP contribution in [0.5, 0.6) is 0 Å². The standard InChI is InChI=1S/C18H26N6O/c1-12(2)9-16(20)15(11-19)13-3-6-24-17(10-13)22-18(23-24)21-14-4-7-25-8-5-14/h3,6,10-12,14,19H,4-5,7-9,20H2,1-2H3,(H,21,23)/b16-15+,19-11?. The van der Waals surface area contributed by atoms with Crippen LogP contribution in [0.2, 0.25) is 0 Å². The quantitative estimate of drug-likeness (QED) is 0.701.